The first-order chi connectivity index (χ1) is 9.31. The summed E-state index contributed by atoms with van der Waals surface area (Å²) in [7, 11) is 0. The van der Waals surface area contributed by atoms with Crippen molar-refractivity contribution in [2.24, 2.45) is 5.16 Å². The highest BCUT2D eigenvalue weighted by Crippen LogP contribution is 2.28. The molecule has 1 aromatic carbocycles. The first kappa shape index (κ1) is 15.3. The predicted octanol–water partition coefficient (Wildman–Crippen LogP) is 2.50. The topological polar surface area (TPSA) is 60.3 Å². The molecule has 0 spiro atoms. The monoisotopic (exact) mass is 267 g/mol. The molecule has 0 amide bonds. The highest BCUT2D eigenvalue weighted by atomic mass is 16.5. The van der Waals surface area contributed by atoms with Crippen LogP contribution in [0.3, 0.4) is 0 Å². The average molecular weight is 267 g/mol. The summed E-state index contributed by atoms with van der Waals surface area (Å²) in [4.78, 5) is 0. The van der Waals surface area contributed by atoms with E-state index in [1.165, 1.54) is 6.21 Å². The molecule has 0 atom stereocenters. The number of rotatable bonds is 9. The van der Waals surface area contributed by atoms with E-state index in [-0.39, 0.29) is 6.61 Å². The fourth-order valence-corrected chi connectivity index (χ4v) is 1.59. The zero-order chi connectivity index (χ0) is 13.9. The van der Waals surface area contributed by atoms with Crippen LogP contribution < -0.4 is 9.47 Å². The summed E-state index contributed by atoms with van der Waals surface area (Å²) in [5.74, 6) is 1.34. The summed E-state index contributed by atoms with van der Waals surface area (Å²) in [5.41, 5.74) is 1.14. The van der Waals surface area contributed by atoms with Crippen molar-refractivity contribution >= 4 is 6.21 Å². The van der Waals surface area contributed by atoms with Gasteiger partial charge in [0.25, 0.3) is 0 Å². The van der Waals surface area contributed by atoms with Crippen LogP contribution in [0.5, 0.6) is 11.5 Å². The molecule has 0 aliphatic heterocycles. The Balaban J connectivity index is 2.69. The summed E-state index contributed by atoms with van der Waals surface area (Å²) in [6.45, 7) is 6.09. The number of oxime groups is 1. The third-order valence-corrected chi connectivity index (χ3v) is 2.44. The van der Waals surface area contributed by atoms with Crippen LogP contribution in [0.4, 0.5) is 0 Å². The second kappa shape index (κ2) is 9.22. The quantitative estimate of drug-likeness (QED) is 0.323. The van der Waals surface area contributed by atoms with Crippen LogP contribution >= 0.6 is 0 Å². The Bertz CT molecular complexity index is 393. The molecule has 0 saturated heterocycles. The van der Waals surface area contributed by atoms with Crippen LogP contribution in [0, 0.1) is 0 Å². The van der Waals surface area contributed by atoms with E-state index in [1.54, 1.807) is 0 Å². The molecule has 0 fully saturated rings. The van der Waals surface area contributed by atoms with Crippen LogP contribution in [-0.4, -0.2) is 37.8 Å². The van der Waals surface area contributed by atoms with Gasteiger partial charge in [-0.05, 0) is 38.0 Å². The lowest BCUT2D eigenvalue weighted by Gasteiger charge is -2.12. The maximum atomic E-state index is 8.33. The number of ether oxygens (including phenoxy) is 3. The van der Waals surface area contributed by atoms with Gasteiger partial charge in [-0.15, -0.1) is 0 Å². The maximum Gasteiger partial charge on any atom is 0.161 e. The van der Waals surface area contributed by atoms with Crippen LogP contribution in [-0.2, 0) is 11.2 Å². The van der Waals surface area contributed by atoms with E-state index in [0.29, 0.717) is 24.7 Å². The lowest BCUT2D eigenvalue weighted by atomic mass is 10.1. The van der Waals surface area contributed by atoms with Gasteiger partial charge in [0.1, 0.15) is 6.61 Å². The minimum Gasteiger partial charge on any atom is -0.490 e. The van der Waals surface area contributed by atoms with Gasteiger partial charge >= 0.3 is 0 Å². The first-order valence-electron chi connectivity index (χ1n) is 6.44. The molecule has 5 nitrogen and oxygen atoms in total. The zero-order valence-corrected chi connectivity index (χ0v) is 11.5. The third-order valence-electron chi connectivity index (χ3n) is 2.44. The number of hydrogen-bond donors (Lipinski definition) is 1. The second-order valence-corrected chi connectivity index (χ2v) is 3.77. The van der Waals surface area contributed by atoms with Crippen LogP contribution in [0.1, 0.15) is 19.4 Å². The fourth-order valence-electron chi connectivity index (χ4n) is 1.59. The van der Waals surface area contributed by atoms with Crippen molar-refractivity contribution < 1.29 is 19.4 Å². The van der Waals surface area contributed by atoms with Crippen molar-refractivity contribution in [1.29, 1.82) is 0 Å². The van der Waals surface area contributed by atoms with E-state index in [9.17, 15) is 0 Å². The highest BCUT2D eigenvalue weighted by molar-refractivity contribution is 5.58. The Morgan fingerprint density at radius 3 is 2.68 bits per heavy atom. The largest absolute Gasteiger partial charge is 0.490 e. The molecule has 0 aliphatic carbocycles. The number of benzene rings is 1. The van der Waals surface area contributed by atoms with Gasteiger partial charge < -0.3 is 19.4 Å². The maximum absolute atomic E-state index is 8.33. The fraction of sp³-hybridized carbons (Fsp3) is 0.500. The van der Waals surface area contributed by atoms with Crippen molar-refractivity contribution in [3.63, 3.8) is 0 Å². The lowest BCUT2D eigenvalue weighted by Crippen LogP contribution is -2.03. The van der Waals surface area contributed by atoms with Gasteiger partial charge in [-0.25, -0.2) is 0 Å². The molecule has 5 heteroatoms. The molecule has 0 bridgehead atoms. The van der Waals surface area contributed by atoms with Gasteiger partial charge in [0.15, 0.2) is 11.5 Å². The molecule has 0 aromatic heterocycles. The number of hydrogen-bond acceptors (Lipinski definition) is 5. The predicted molar refractivity (Wildman–Crippen MR) is 73.6 cm³/mol. The van der Waals surface area contributed by atoms with E-state index >= 15 is 0 Å². The van der Waals surface area contributed by atoms with Gasteiger partial charge in [0.2, 0.25) is 0 Å². The zero-order valence-electron chi connectivity index (χ0n) is 11.5. The molecule has 0 saturated carbocycles. The minimum atomic E-state index is 0.203. The van der Waals surface area contributed by atoms with Gasteiger partial charge in [-0.2, -0.15) is 0 Å². The standard InChI is InChI=1S/C14H21NO4/c1-3-17-9-7-12-5-6-13(19-10-8-15-16)14(11-12)18-4-2/h5-6,8,11,16H,3-4,7,9-10H2,1-2H3. The molecule has 1 N–H and O–H groups in total. The average Bonchev–Trinajstić information content (AvgIpc) is 2.42. The molecule has 1 aromatic rings. The summed E-state index contributed by atoms with van der Waals surface area (Å²) in [6.07, 6.45) is 2.12. The van der Waals surface area contributed by atoms with Crippen LogP contribution in [0.15, 0.2) is 23.4 Å². The van der Waals surface area contributed by atoms with Gasteiger partial charge in [0, 0.05) is 6.61 Å². The Labute approximate surface area is 113 Å². The normalized spacial score (nSPS) is 10.8. The minimum absolute atomic E-state index is 0.203. The van der Waals surface area contributed by atoms with E-state index in [1.807, 2.05) is 32.0 Å². The van der Waals surface area contributed by atoms with Crippen molar-refractivity contribution in [2.75, 3.05) is 26.4 Å². The molecule has 0 aliphatic rings. The molecular weight excluding hydrogens is 246 g/mol. The second-order valence-electron chi connectivity index (χ2n) is 3.77. The Morgan fingerprint density at radius 2 is 2.00 bits per heavy atom. The summed E-state index contributed by atoms with van der Waals surface area (Å²) < 4.78 is 16.3. The van der Waals surface area contributed by atoms with Crippen LogP contribution in [0.25, 0.3) is 0 Å². The first-order valence-corrected chi connectivity index (χ1v) is 6.44. The lowest BCUT2D eigenvalue weighted by molar-refractivity contribution is 0.151. The summed E-state index contributed by atoms with van der Waals surface area (Å²) in [6, 6.07) is 5.79. The Morgan fingerprint density at radius 1 is 1.16 bits per heavy atom. The molecule has 1 rings (SSSR count). The van der Waals surface area contributed by atoms with Crippen molar-refractivity contribution in [1.82, 2.24) is 0 Å². The smallest absolute Gasteiger partial charge is 0.161 e. The highest BCUT2D eigenvalue weighted by Gasteiger charge is 2.06. The van der Waals surface area contributed by atoms with Gasteiger partial charge in [-0.1, -0.05) is 11.2 Å². The van der Waals surface area contributed by atoms with E-state index < -0.39 is 0 Å². The summed E-state index contributed by atoms with van der Waals surface area (Å²) in [5, 5.41) is 11.2. The Hall–Kier alpha value is -1.75. The molecular formula is C14H21NO4. The molecule has 0 radical (unpaired) electrons. The molecule has 0 heterocycles. The van der Waals surface area contributed by atoms with Crippen molar-refractivity contribution in [3.05, 3.63) is 23.8 Å². The van der Waals surface area contributed by atoms with E-state index in [0.717, 1.165) is 18.6 Å². The molecule has 19 heavy (non-hydrogen) atoms. The third kappa shape index (κ3) is 5.61. The van der Waals surface area contributed by atoms with Gasteiger partial charge in [-0.3, -0.25) is 0 Å². The molecule has 106 valence electrons. The SMILES string of the molecule is CCOCCc1ccc(OCC=NO)c(OCC)c1. The van der Waals surface area contributed by atoms with Gasteiger partial charge in [0.05, 0.1) is 19.4 Å². The summed E-state index contributed by atoms with van der Waals surface area (Å²) >= 11 is 0. The van der Waals surface area contributed by atoms with Crippen molar-refractivity contribution in [2.45, 2.75) is 20.3 Å². The van der Waals surface area contributed by atoms with E-state index in [2.05, 4.69) is 5.16 Å². The van der Waals surface area contributed by atoms with Crippen LogP contribution in [0.2, 0.25) is 0 Å². The Kier molecular flexibility index (Phi) is 7.43. The van der Waals surface area contributed by atoms with Crippen molar-refractivity contribution in [3.8, 4) is 11.5 Å². The molecule has 0 unspecified atom stereocenters. The number of nitrogens with zero attached hydrogens (tertiary/aromatic N) is 1. The van der Waals surface area contributed by atoms with E-state index in [4.69, 9.17) is 19.4 Å².